The van der Waals surface area contributed by atoms with Gasteiger partial charge in [0.2, 0.25) is 10.4 Å². The van der Waals surface area contributed by atoms with Gasteiger partial charge in [-0.2, -0.15) is 0 Å². The maximum atomic E-state index is 10.6. The van der Waals surface area contributed by atoms with E-state index in [1.165, 1.54) is 51.4 Å². The molecule has 0 aliphatic rings. The molecule has 0 aromatic carbocycles. The van der Waals surface area contributed by atoms with E-state index in [1.54, 1.807) is 0 Å². The second-order valence-electron chi connectivity index (χ2n) is 5.96. The summed E-state index contributed by atoms with van der Waals surface area (Å²) < 4.78 is 36.2. The van der Waals surface area contributed by atoms with Crippen LogP contribution in [0.3, 0.4) is 0 Å². The van der Waals surface area contributed by atoms with E-state index in [4.69, 9.17) is 0 Å². The van der Waals surface area contributed by atoms with Gasteiger partial charge in [0.15, 0.2) is 0 Å². The summed E-state index contributed by atoms with van der Waals surface area (Å²) in [4.78, 5) is 0. The van der Waals surface area contributed by atoms with Crippen LogP contribution < -0.4 is 29.6 Å². The molecular weight excluding hydrogens is 311 g/mol. The fourth-order valence-electron chi connectivity index (χ4n) is 2.56. The fraction of sp³-hybridized carbons (Fsp3) is 1.00. The van der Waals surface area contributed by atoms with Crippen molar-refractivity contribution in [2.45, 2.75) is 90.9 Å². The largest absolute Gasteiger partial charge is 1.00 e. The smallest absolute Gasteiger partial charge is 0.726 e. The molecule has 0 N–H and O–H groups in total. The fourth-order valence-corrected chi connectivity index (χ4v) is 2.92. The Balaban J connectivity index is 0. The average molecular weight is 344 g/mol. The zero-order chi connectivity index (χ0) is 16.0. The predicted octanol–water partition coefficient (Wildman–Crippen LogP) is 1.80. The van der Waals surface area contributed by atoms with Gasteiger partial charge in [0.25, 0.3) is 0 Å². The Hall–Kier alpha value is 0.870. The van der Waals surface area contributed by atoms with Crippen molar-refractivity contribution in [1.29, 1.82) is 0 Å². The summed E-state index contributed by atoms with van der Waals surface area (Å²) in [5.41, 5.74) is 0. The summed E-state index contributed by atoms with van der Waals surface area (Å²) in [5.74, 6) is 0.206. The molecule has 22 heavy (non-hydrogen) atoms. The molecular formula is C16H33NaO4S. The van der Waals surface area contributed by atoms with Crippen molar-refractivity contribution >= 4 is 10.4 Å². The van der Waals surface area contributed by atoms with Gasteiger partial charge < -0.3 is 4.55 Å². The standard InChI is InChI=1S/C16H34O4S.Na/c1-3-5-7-9-11-13-16(15-20-21(17,18)19)14-12-10-8-6-4-2;/h16H,3-15H2,1-2H3,(H,17,18,19);/q;+1/p-1. The van der Waals surface area contributed by atoms with Gasteiger partial charge in [-0.05, 0) is 18.8 Å². The molecule has 0 aromatic heterocycles. The maximum absolute atomic E-state index is 10.6. The topological polar surface area (TPSA) is 66.4 Å². The van der Waals surface area contributed by atoms with E-state index in [0.29, 0.717) is 0 Å². The molecule has 0 aliphatic carbocycles. The number of hydrogen-bond acceptors (Lipinski definition) is 4. The van der Waals surface area contributed by atoms with E-state index in [0.717, 1.165) is 25.7 Å². The maximum Gasteiger partial charge on any atom is 1.00 e. The molecule has 0 spiro atoms. The summed E-state index contributed by atoms with van der Waals surface area (Å²) in [6.07, 6.45) is 13.9. The molecule has 0 fully saturated rings. The third-order valence-corrected chi connectivity index (χ3v) is 4.30. The quantitative estimate of drug-likeness (QED) is 0.197. The molecule has 0 atom stereocenters. The predicted molar refractivity (Wildman–Crippen MR) is 85.9 cm³/mol. The first kappa shape index (κ1) is 25.1. The Morgan fingerprint density at radius 2 is 1.23 bits per heavy atom. The number of hydrogen-bond donors (Lipinski definition) is 0. The molecule has 4 nitrogen and oxygen atoms in total. The van der Waals surface area contributed by atoms with Gasteiger partial charge in [-0.3, -0.25) is 4.18 Å². The summed E-state index contributed by atoms with van der Waals surface area (Å²) in [5, 5.41) is 0. The van der Waals surface area contributed by atoms with E-state index in [-0.39, 0.29) is 42.1 Å². The van der Waals surface area contributed by atoms with E-state index in [9.17, 15) is 13.0 Å². The second-order valence-corrected chi connectivity index (χ2v) is 7.02. The first-order chi connectivity index (χ1) is 9.99. The second kappa shape index (κ2) is 16.7. The van der Waals surface area contributed by atoms with Crippen molar-refractivity contribution in [2.24, 2.45) is 5.92 Å². The molecule has 0 saturated carbocycles. The molecule has 0 unspecified atom stereocenters. The Labute approximate surface area is 160 Å². The van der Waals surface area contributed by atoms with Crippen LogP contribution in [-0.2, 0) is 14.6 Å². The van der Waals surface area contributed by atoms with Crippen LogP contribution in [0.15, 0.2) is 0 Å². The Morgan fingerprint density at radius 3 is 1.59 bits per heavy atom. The third-order valence-electron chi connectivity index (χ3n) is 3.88. The van der Waals surface area contributed by atoms with Crippen LogP contribution in [0.1, 0.15) is 90.9 Å². The molecule has 0 saturated heterocycles. The first-order valence-corrected chi connectivity index (χ1v) is 9.93. The van der Waals surface area contributed by atoms with Gasteiger partial charge in [-0.1, -0.05) is 78.1 Å². The monoisotopic (exact) mass is 344 g/mol. The van der Waals surface area contributed by atoms with Gasteiger partial charge in [0, 0.05) is 0 Å². The molecule has 0 aliphatic heterocycles. The van der Waals surface area contributed by atoms with Gasteiger partial charge in [0.05, 0.1) is 6.61 Å². The molecule has 0 amide bonds. The van der Waals surface area contributed by atoms with Gasteiger partial charge in [-0.15, -0.1) is 0 Å². The third kappa shape index (κ3) is 18.9. The van der Waals surface area contributed by atoms with Crippen molar-refractivity contribution in [3.8, 4) is 0 Å². The van der Waals surface area contributed by atoms with Crippen molar-refractivity contribution in [3.63, 3.8) is 0 Å². The van der Waals surface area contributed by atoms with Crippen LogP contribution in [0.25, 0.3) is 0 Å². The van der Waals surface area contributed by atoms with E-state index in [2.05, 4.69) is 18.0 Å². The number of rotatable bonds is 15. The van der Waals surface area contributed by atoms with Crippen molar-refractivity contribution < 1.29 is 46.7 Å². The zero-order valence-corrected chi connectivity index (χ0v) is 17.6. The van der Waals surface area contributed by atoms with Gasteiger partial charge >= 0.3 is 29.6 Å². The van der Waals surface area contributed by atoms with Crippen LogP contribution in [0.2, 0.25) is 0 Å². The zero-order valence-electron chi connectivity index (χ0n) is 14.8. The van der Waals surface area contributed by atoms with Crippen LogP contribution in [-0.4, -0.2) is 19.6 Å². The van der Waals surface area contributed by atoms with Crippen LogP contribution >= 0.6 is 0 Å². The minimum atomic E-state index is -4.55. The summed E-state index contributed by atoms with van der Waals surface area (Å²) in [6, 6.07) is 0. The van der Waals surface area contributed by atoms with Gasteiger partial charge in [-0.25, -0.2) is 8.42 Å². The molecule has 0 bridgehead atoms. The summed E-state index contributed by atoms with van der Waals surface area (Å²) >= 11 is 0. The minimum Gasteiger partial charge on any atom is -0.726 e. The van der Waals surface area contributed by atoms with Crippen molar-refractivity contribution in [1.82, 2.24) is 0 Å². The average Bonchev–Trinajstić information content (AvgIpc) is 2.42. The molecule has 0 heterocycles. The SMILES string of the molecule is CCCCCCCC(CCCCCCC)COS(=O)(=O)[O-].[Na+]. The van der Waals surface area contributed by atoms with E-state index < -0.39 is 10.4 Å². The molecule has 6 heteroatoms. The Morgan fingerprint density at radius 1 is 0.818 bits per heavy atom. The van der Waals surface area contributed by atoms with E-state index in [1.807, 2.05) is 0 Å². The normalized spacial score (nSPS) is 11.6. The van der Waals surface area contributed by atoms with Crippen LogP contribution in [0.5, 0.6) is 0 Å². The Bertz CT molecular complexity index is 306. The van der Waals surface area contributed by atoms with Crippen molar-refractivity contribution in [3.05, 3.63) is 0 Å². The summed E-state index contributed by atoms with van der Waals surface area (Å²) in [7, 11) is -4.55. The van der Waals surface area contributed by atoms with Crippen LogP contribution in [0.4, 0.5) is 0 Å². The molecule has 0 rings (SSSR count). The van der Waals surface area contributed by atoms with E-state index >= 15 is 0 Å². The first-order valence-electron chi connectivity index (χ1n) is 8.59. The number of unbranched alkanes of at least 4 members (excludes halogenated alkanes) is 8. The summed E-state index contributed by atoms with van der Waals surface area (Å²) in [6.45, 7) is 4.44. The molecule has 128 valence electrons. The van der Waals surface area contributed by atoms with Gasteiger partial charge in [0.1, 0.15) is 0 Å². The molecule has 0 radical (unpaired) electrons. The molecule has 0 aromatic rings. The van der Waals surface area contributed by atoms with Crippen LogP contribution in [0, 0.1) is 5.92 Å². The Kier molecular flexibility index (Phi) is 19.1. The van der Waals surface area contributed by atoms with Crippen molar-refractivity contribution in [2.75, 3.05) is 6.61 Å². The minimum absolute atomic E-state index is 0.